The molecule has 0 saturated carbocycles. The quantitative estimate of drug-likeness (QED) is 0.262. The van der Waals surface area contributed by atoms with Crippen molar-refractivity contribution in [1.29, 1.82) is 0 Å². The maximum absolute atomic E-state index is 5.00. The predicted molar refractivity (Wildman–Crippen MR) is 131 cm³/mol. The first-order chi connectivity index (χ1) is 15.4. The first-order valence-corrected chi connectivity index (χ1v) is 10.6. The van der Waals surface area contributed by atoms with Gasteiger partial charge in [-0.15, -0.1) is 0 Å². The molecule has 0 spiro atoms. The number of imidazole rings is 1. The van der Waals surface area contributed by atoms with Crippen LogP contribution < -0.4 is 0 Å². The summed E-state index contributed by atoms with van der Waals surface area (Å²) in [5, 5.41) is 6.20. The van der Waals surface area contributed by atoms with E-state index in [0.717, 1.165) is 16.7 Å². The van der Waals surface area contributed by atoms with Crippen molar-refractivity contribution in [3.63, 3.8) is 0 Å². The van der Waals surface area contributed by atoms with E-state index >= 15 is 0 Å². The Bertz CT molecular complexity index is 1790. The molecule has 7 rings (SSSR count). The van der Waals surface area contributed by atoms with Crippen LogP contribution in [0.1, 0.15) is 0 Å². The van der Waals surface area contributed by atoms with Crippen LogP contribution in [0.3, 0.4) is 0 Å². The van der Waals surface area contributed by atoms with E-state index in [1.54, 1.807) is 0 Å². The van der Waals surface area contributed by atoms with Gasteiger partial charge in [-0.05, 0) is 63.7 Å². The highest BCUT2D eigenvalue weighted by Crippen LogP contribution is 2.35. The number of nitrogens with zero attached hydrogens (tertiary/aromatic N) is 2. The molecule has 2 aromatic heterocycles. The molecule has 2 heteroatoms. The van der Waals surface area contributed by atoms with Gasteiger partial charge in [0, 0.05) is 10.8 Å². The Hall–Kier alpha value is -4.17. The van der Waals surface area contributed by atoms with E-state index in [0.29, 0.717) is 0 Å². The molecule has 0 unspecified atom stereocenters. The molecule has 31 heavy (non-hydrogen) atoms. The molecule has 5 aromatic carbocycles. The Morgan fingerprint density at radius 1 is 0.484 bits per heavy atom. The van der Waals surface area contributed by atoms with E-state index in [1.165, 1.54) is 43.6 Å². The van der Waals surface area contributed by atoms with E-state index in [4.69, 9.17) is 4.98 Å². The minimum Gasteiger partial charge on any atom is -0.292 e. The topological polar surface area (TPSA) is 17.3 Å². The summed E-state index contributed by atoms with van der Waals surface area (Å²) in [6, 6.07) is 39.0. The predicted octanol–water partition coefficient (Wildman–Crippen LogP) is 7.61. The number of hydrogen-bond donors (Lipinski definition) is 0. The van der Waals surface area contributed by atoms with Gasteiger partial charge in [0.1, 0.15) is 5.65 Å². The molecule has 0 bridgehead atoms. The van der Waals surface area contributed by atoms with E-state index in [2.05, 4.69) is 114 Å². The van der Waals surface area contributed by atoms with E-state index in [9.17, 15) is 0 Å². The molecule has 0 fully saturated rings. The standard InChI is InChI=1S/C29H18N2/c1-2-8-20-17-21(14-13-19(20)7-1)22-15-16-24-25(18-22)23-9-3-5-11-27(23)31-28-12-6-4-10-26(28)30-29(24)31/h1-18H. The molecule has 0 aliphatic carbocycles. The average Bonchev–Trinajstić information content (AvgIpc) is 3.23. The van der Waals surface area contributed by atoms with Crippen molar-refractivity contribution in [1.82, 2.24) is 9.38 Å². The summed E-state index contributed by atoms with van der Waals surface area (Å²) in [5.74, 6) is 0. The molecule has 0 N–H and O–H groups in total. The van der Waals surface area contributed by atoms with Crippen molar-refractivity contribution < 1.29 is 0 Å². The summed E-state index contributed by atoms with van der Waals surface area (Å²) >= 11 is 0. The van der Waals surface area contributed by atoms with Crippen LogP contribution in [0, 0.1) is 0 Å². The van der Waals surface area contributed by atoms with Crippen molar-refractivity contribution in [2.45, 2.75) is 0 Å². The zero-order valence-electron chi connectivity index (χ0n) is 16.8. The van der Waals surface area contributed by atoms with E-state index < -0.39 is 0 Å². The maximum Gasteiger partial charge on any atom is 0.146 e. The number of fused-ring (bicyclic) bond motifs is 9. The minimum atomic E-state index is 1.01. The lowest BCUT2D eigenvalue weighted by Gasteiger charge is -2.11. The van der Waals surface area contributed by atoms with Gasteiger partial charge in [0.2, 0.25) is 0 Å². The van der Waals surface area contributed by atoms with Crippen LogP contribution in [-0.4, -0.2) is 9.38 Å². The van der Waals surface area contributed by atoms with E-state index in [-0.39, 0.29) is 0 Å². The second-order valence-electron chi connectivity index (χ2n) is 8.10. The lowest BCUT2D eigenvalue weighted by molar-refractivity contribution is 1.31. The van der Waals surface area contributed by atoms with Crippen molar-refractivity contribution in [3.8, 4) is 11.1 Å². The Balaban J connectivity index is 1.59. The SMILES string of the molecule is c1ccc2cc(-c3ccc4c(c3)c3ccccc3n3c5ccccc5nc43)ccc2c1. The van der Waals surface area contributed by atoms with Crippen molar-refractivity contribution >= 4 is 49.1 Å². The van der Waals surface area contributed by atoms with Gasteiger partial charge in [0.05, 0.1) is 16.6 Å². The molecule has 7 aromatic rings. The molecule has 0 saturated heterocycles. The second-order valence-corrected chi connectivity index (χ2v) is 8.10. The molecule has 144 valence electrons. The van der Waals surface area contributed by atoms with Crippen LogP contribution in [-0.2, 0) is 0 Å². The van der Waals surface area contributed by atoms with Gasteiger partial charge in [0.15, 0.2) is 0 Å². The van der Waals surface area contributed by atoms with Gasteiger partial charge in [-0.1, -0.05) is 72.8 Å². The van der Waals surface area contributed by atoms with Crippen LogP contribution >= 0.6 is 0 Å². The Labute approximate surface area is 179 Å². The molecular weight excluding hydrogens is 376 g/mol. The smallest absolute Gasteiger partial charge is 0.146 e. The largest absolute Gasteiger partial charge is 0.292 e. The highest BCUT2D eigenvalue weighted by molar-refractivity contribution is 6.14. The number of para-hydroxylation sites is 3. The normalized spacial score (nSPS) is 11.9. The Morgan fingerprint density at radius 3 is 2.13 bits per heavy atom. The summed E-state index contributed by atoms with van der Waals surface area (Å²) in [7, 11) is 0. The molecule has 0 aliphatic heterocycles. The number of hydrogen-bond acceptors (Lipinski definition) is 1. The molecule has 0 radical (unpaired) electrons. The number of aromatic nitrogens is 2. The Kier molecular flexibility index (Phi) is 3.30. The second kappa shape index (κ2) is 6.16. The fourth-order valence-corrected chi connectivity index (χ4v) is 4.86. The Morgan fingerprint density at radius 2 is 1.19 bits per heavy atom. The molecule has 0 aliphatic rings. The van der Waals surface area contributed by atoms with Crippen LogP contribution in [0.4, 0.5) is 0 Å². The van der Waals surface area contributed by atoms with Gasteiger partial charge in [-0.3, -0.25) is 4.40 Å². The fourth-order valence-electron chi connectivity index (χ4n) is 4.86. The summed E-state index contributed by atoms with van der Waals surface area (Å²) < 4.78 is 2.29. The first-order valence-electron chi connectivity index (χ1n) is 10.6. The molecular formula is C29H18N2. The third-order valence-corrected chi connectivity index (χ3v) is 6.34. The van der Waals surface area contributed by atoms with Gasteiger partial charge >= 0.3 is 0 Å². The lowest BCUT2D eigenvalue weighted by atomic mass is 9.97. The monoisotopic (exact) mass is 394 g/mol. The van der Waals surface area contributed by atoms with Gasteiger partial charge in [-0.2, -0.15) is 0 Å². The van der Waals surface area contributed by atoms with Crippen LogP contribution in [0.2, 0.25) is 0 Å². The van der Waals surface area contributed by atoms with Gasteiger partial charge in [0.25, 0.3) is 0 Å². The molecule has 2 heterocycles. The summed E-state index contributed by atoms with van der Waals surface area (Å²) in [5.41, 5.74) is 6.84. The van der Waals surface area contributed by atoms with Crippen molar-refractivity contribution in [2.24, 2.45) is 0 Å². The van der Waals surface area contributed by atoms with Crippen LogP contribution in [0.25, 0.3) is 60.3 Å². The highest BCUT2D eigenvalue weighted by atomic mass is 15.0. The zero-order chi connectivity index (χ0) is 20.4. The summed E-state index contributed by atoms with van der Waals surface area (Å²) in [6.07, 6.45) is 0. The summed E-state index contributed by atoms with van der Waals surface area (Å²) in [6.45, 7) is 0. The minimum absolute atomic E-state index is 1.01. The number of pyridine rings is 1. The van der Waals surface area contributed by atoms with Crippen LogP contribution in [0.15, 0.2) is 109 Å². The number of benzene rings is 5. The van der Waals surface area contributed by atoms with E-state index in [1.807, 2.05) is 0 Å². The van der Waals surface area contributed by atoms with Gasteiger partial charge < -0.3 is 0 Å². The molecule has 2 nitrogen and oxygen atoms in total. The fraction of sp³-hybridized carbons (Fsp3) is 0. The number of rotatable bonds is 1. The lowest BCUT2D eigenvalue weighted by Crippen LogP contribution is -1.91. The zero-order valence-corrected chi connectivity index (χ0v) is 16.8. The third kappa shape index (κ3) is 2.36. The van der Waals surface area contributed by atoms with Gasteiger partial charge in [-0.25, -0.2) is 4.98 Å². The average molecular weight is 394 g/mol. The van der Waals surface area contributed by atoms with Crippen molar-refractivity contribution in [3.05, 3.63) is 109 Å². The maximum atomic E-state index is 5.00. The first kappa shape index (κ1) is 16.6. The highest BCUT2D eigenvalue weighted by Gasteiger charge is 2.14. The summed E-state index contributed by atoms with van der Waals surface area (Å²) in [4.78, 5) is 5.00. The molecule has 0 atom stereocenters. The van der Waals surface area contributed by atoms with Crippen LogP contribution in [0.5, 0.6) is 0 Å². The van der Waals surface area contributed by atoms with Crippen molar-refractivity contribution in [2.75, 3.05) is 0 Å². The third-order valence-electron chi connectivity index (χ3n) is 6.34. The molecule has 0 amide bonds.